The van der Waals surface area contributed by atoms with Crippen molar-refractivity contribution in [2.45, 2.75) is 105 Å². The fourth-order valence-electron chi connectivity index (χ4n) is 4.81. The number of nitrogens with zero attached hydrogens (tertiary/aromatic N) is 1. The molecule has 0 aromatic carbocycles. The van der Waals surface area contributed by atoms with Gasteiger partial charge >= 0.3 is 11.9 Å². The van der Waals surface area contributed by atoms with Crippen LogP contribution in [-0.4, -0.2) is 58.8 Å². The lowest BCUT2D eigenvalue weighted by Crippen LogP contribution is -2.58. The number of hydrogen-bond donors (Lipinski definition) is 2. The van der Waals surface area contributed by atoms with Crippen LogP contribution in [0.5, 0.6) is 0 Å². The van der Waals surface area contributed by atoms with Crippen molar-refractivity contribution in [3.63, 3.8) is 0 Å². The Morgan fingerprint density at radius 2 is 1.09 bits per heavy atom. The zero-order chi connectivity index (χ0) is 26.7. The Hall–Kier alpha value is -1.89. The van der Waals surface area contributed by atoms with Crippen LogP contribution in [0.1, 0.15) is 105 Å². The average molecular weight is 498 g/mol. The summed E-state index contributed by atoms with van der Waals surface area (Å²) in [6.07, 6.45) is 18.5. The fourth-order valence-corrected chi connectivity index (χ4v) is 4.81. The number of carbonyl (C=O) groups is 3. The zero-order valence-corrected chi connectivity index (χ0v) is 22.7. The Kier molecular flexibility index (Phi) is 18.3. The second kappa shape index (κ2) is 19.3. The highest BCUT2D eigenvalue weighted by Gasteiger charge is 2.36. The molecule has 204 valence electrons. The number of allylic oxidation sites excluding steroid dienone is 2. The topological polar surface area (TPSA) is 115 Å². The monoisotopic (exact) mass is 497 g/mol. The Bertz CT molecular complexity index is 578. The summed E-state index contributed by atoms with van der Waals surface area (Å²) < 4.78 is 0.171. The molecule has 0 spiro atoms. The van der Waals surface area contributed by atoms with Crippen molar-refractivity contribution < 1.29 is 34.2 Å². The first-order chi connectivity index (χ1) is 16.5. The van der Waals surface area contributed by atoms with E-state index in [0.29, 0.717) is 6.54 Å². The van der Waals surface area contributed by atoms with Gasteiger partial charge in [-0.1, -0.05) is 64.5 Å². The first-order valence-electron chi connectivity index (χ1n) is 13.7. The van der Waals surface area contributed by atoms with Gasteiger partial charge in [0.2, 0.25) is 0 Å². The maximum absolute atomic E-state index is 11.6. The highest BCUT2D eigenvalue weighted by Crippen LogP contribution is 2.21. The lowest BCUT2D eigenvalue weighted by Gasteiger charge is -2.43. The number of carbonyl (C=O) groups excluding carboxylic acids is 1. The van der Waals surface area contributed by atoms with Gasteiger partial charge in [0.1, 0.15) is 11.8 Å². The average Bonchev–Trinajstić information content (AvgIpc) is 2.78. The molecule has 0 fully saturated rings. The molecular weight excluding hydrogens is 446 g/mol. The van der Waals surface area contributed by atoms with Gasteiger partial charge in [-0.2, -0.15) is 0 Å². The highest BCUT2D eigenvalue weighted by atomic mass is 16.4. The first-order valence-corrected chi connectivity index (χ1v) is 13.7. The summed E-state index contributed by atoms with van der Waals surface area (Å²) in [6, 6.07) is 0. The predicted molar refractivity (Wildman–Crippen MR) is 138 cm³/mol. The summed E-state index contributed by atoms with van der Waals surface area (Å²) in [5, 5.41) is 30.4. The third-order valence-electron chi connectivity index (χ3n) is 6.87. The molecule has 35 heavy (non-hydrogen) atoms. The Morgan fingerprint density at radius 1 is 0.686 bits per heavy atom. The van der Waals surface area contributed by atoms with Gasteiger partial charge in [0.15, 0.2) is 0 Å². The number of unbranched alkanes of at least 4 members (excludes halogenated alkanes) is 10. The Labute approximate surface area is 213 Å². The molecule has 0 aromatic heterocycles. The molecule has 7 nitrogen and oxygen atoms in total. The van der Waals surface area contributed by atoms with E-state index in [9.17, 15) is 29.7 Å². The maximum atomic E-state index is 11.6. The van der Waals surface area contributed by atoms with Gasteiger partial charge in [-0.25, -0.2) is 0 Å². The normalized spacial score (nSPS) is 16.0. The highest BCUT2D eigenvalue weighted by molar-refractivity contribution is 5.70. The number of carboxylic acid groups (broad SMARTS) is 3. The van der Waals surface area contributed by atoms with E-state index in [2.05, 4.69) is 19.1 Å². The molecule has 0 aliphatic rings. The summed E-state index contributed by atoms with van der Waals surface area (Å²) in [5.41, 5.74) is 0. The van der Waals surface area contributed by atoms with E-state index in [4.69, 9.17) is 0 Å². The summed E-state index contributed by atoms with van der Waals surface area (Å²) in [6.45, 7) is 8.14. The van der Waals surface area contributed by atoms with E-state index < -0.39 is 35.7 Å². The molecule has 0 aromatic rings. The zero-order valence-electron chi connectivity index (χ0n) is 22.7. The van der Waals surface area contributed by atoms with Gasteiger partial charge in [0.25, 0.3) is 0 Å². The lowest BCUT2D eigenvalue weighted by molar-refractivity contribution is -0.934. The first kappa shape index (κ1) is 33.1. The van der Waals surface area contributed by atoms with Crippen LogP contribution < -0.4 is 5.11 Å². The molecule has 3 unspecified atom stereocenters. The van der Waals surface area contributed by atoms with E-state index >= 15 is 0 Å². The minimum Gasteiger partial charge on any atom is -0.550 e. The summed E-state index contributed by atoms with van der Waals surface area (Å²) >= 11 is 0. The number of aliphatic carboxylic acids is 3. The number of rotatable bonds is 23. The lowest BCUT2D eigenvalue weighted by atomic mass is 10.0. The second-order valence-corrected chi connectivity index (χ2v) is 10.5. The SMILES string of the molecule is CCCCCCCCC/C=C/CCCCC[N+](CC(C)C(=O)[O-])(CC(C)C(=O)O)CC(C)C(=O)O. The minimum atomic E-state index is -1.19. The molecule has 0 aliphatic heterocycles. The summed E-state index contributed by atoms with van der Waals surface area (Å²) in [7, 11) is 0. The molecule has 0 rings (SSSR count). The van der Waals surface area contributed by atoms with Crippen LogP contribution in [-0.2, 0) is 14.4 Å². The molecule has 0 saturated carbocycles. The minimum absolute atomic E-state index is 0.171. The van der Waals surface area contributed by atoms with Crippen LogP contribution in [0.3, 0.4) is 0 Å². The molecule has 0 heterocycles. The van der Waals surface area contributed by atoms with E-state index in [1.54, 1.807) is 20.8 Å². The molecular formula is C28H51NO6. The van der Waals surface area contributed by atoms with Crippen molar-refractivity contribution >= 4 is 17.9 Å². The Balaban J connectivity index is 4.73. The van der Waals surface area contributed by atoms with Crippen LogP contribution in [0, 0.1) is 17.8 Å². The molecule has 3 atom stereocenters. The van der Waals surface area contributed by atoms with E-state index in [0.717, 1.165) is 32.1 Å². The van der Waals surface area contributed by atoms with Crippen molar-refractivity contribution in [1.29, 1.82) is 0 Å². The number of carboxylic acids is 3. The van der Waals surface area contributed by atoms with Crippen LogP contribution in [0.2, 0.25) is 0 Å². The number of quaternary nitrogens is 1. The van der Waals surface area contributed by atoms with Crippen LogP contribution in [0.4, 0.5) is 0 Å². The standard InChI is InChI=1S/C28H51NO6/c1-5-6-7-8-9-10-11-12-13-14-15-16-17-18-19-29(20-23(2)26(30)31,21-24(3)27(32)33)22-25(4)28(34)35/h13-14,23-25H,5-12,15-22H2,1-4H3,(H2-,30,31,32,33,34,35)/b14-13+. The summed E-state index contributed by atoms with van der Waals surface area (Å²) in [4.78, 5) is 34.6. The second-order valence-electron chi connectivity index (χ2n) is 10.5. The van der Waals surface area contributed by atoms with Gasteiger partial charge in [-0.3, -0.25) is 9.59 Å². The van der Waals surface area contributed by atoms with Crippen molar-refractivity contribution in [2.75, 3.05) is 26.2 Å². The van der Waals surface area contributed by atoms with Gasteiger partial charge in [-0.15, -0.1) is 0 Å². The molecule has 0 saturated heterocycles. The molecule has 0 bridgehead atoms. The van der Waals surface area contributed by atoms with Gasteiger partial charge in [0.05, 0.1) is 26.2 Å². The van der Waals surface area contributed by atoms with E-state index in [1.165, 1.54) is 44.9 Å². The van der Waals surface area contributed by atoms with Gasteiger partial charge in [-0.05, 0) is 52.4 Å². The largest absolute Gasteiger partial charge is 0.550 e. The quantitative estimate of drug-likeness (QED) is 0.118. The van der Waals surface area contributed by atoms with Crippen LogP contribution >= 0.6 is 0 Å². The van der Waals surface area contributed by atoms with Gasteiger partial charge in [0, 0.05) is 11.9 Å². The third-order valence-corrected chi connectivity index (χ3v) is 6.87. The van der Waals surface area contributed by atoms with Crippen molar-refractivity contribution in [3.05, 3.63) is 12.2 Å². The molecule has 0 radical (unpaired) electrons. The Morgan fingerprint density at radius 3 is 1.51 bits per heavy atom. The summed E-state index contributed by atoms with van der Waals surface area (Å²) in [5.74, 6) is -5.28. The van der Waals surface area contributed by atoms with Crippen LogP contribution in [0.25, 0.3) is 0 Å². The molecule has 2 N–H and O–H groups in total. The fraction of sp³-hybridized carbons (Fsp3) is 0.821. The predicted octanol–water partition coefficient (Wildman–Crippen LogP) is 4.89. The third kappa shape index (κ3) is 16.4. The molecule has 0 aliphatic carbocycles. The maximum Gasteiger partial charge on any atom is 0.311 e. The smallest absolute Gasteiger partial charge is 0.311 e. The van der Waals surface area contributed by atoms with Crippen LogP contribution in [0.15, 0.2) is 12.2 Å². The van der Waals surface area contributed by atoms with Crippen molar-refractivity contribution in [3.8, 4) is 0 Å². The van der Waals surface area contributed by atoms with Gasteiger partial charge < -0.3 is 24.6 Å². The van der Waals surface area contributed by atoms with E-state index in [-0.39, 0.29) is 24.1 Å². The van der Waals surface area contributed by atoms with Crippen molar-refractivity contribution in [1.82, 2.24) is 0 Å². The van der Waals surface area contributed by atoms with E-state index in [1.807, 2.05) is 0 Å². The molecule has 0 amide bonds. The molecule has 7 heteroatoms. The number of hydrogen-bond acceptors (Lipinski definition) is 4. The van der Waals surface area contributed by atoms with Crippen molar-refractivity contribution in [2.24, 2.45) is 17.8 Å².